The Hall–Kier alpha value is -1.43. The van der Waals surface area contributed by atoms with E-state index in [9.17, 15) is 13.5 Å². The van der Waals surface area contributed by atoms with Gasteiger partial charge in [0.25, 0.3) is 10.0 Å². The second kappa shape index (κ2) is 5.28. The van der Waals surface area contributed by atoms with Crippen LogP contribution >= 0.6 is 23.2 Å². The summed E-state index contributed by atoms with van der Waals surface area (Å²) in [6.45, 7) is 0. The van der Waals surface area contributed by atoms with E-state index in [4.69, 9.17) is 23.2 Å². The third-order valence-corrected chi connectivity index (χ3v) is 4.51. The Morgan fingerprint density at radius 2 is 1.74 bits per heavy atom. The van der Waals surface area contributed by atoms with Crippen molar-refractivity contribution in [1.29, 1.82) is 0 Å². The average molecular weight is 318 g/mol. The summed E-state index contributed by atoms with van der Waals surface area (Å²) < 4.78 is 26.5. The van der Waals surface area contributed by atoms with Crippen LogP contribution in [0.3, 0.4) is 0 Å². The molecule has 0 heterocycles. The van der Waals surface area contributed by atoms with Crippen LogP contribution in [0.5, 0.6) is 5.75 Å². The van der Waals surface area contributed by atoms with Crippen molar-refractivity contribution < 1.29 is 13.5 Å². The molecule has 0 saturated heterocycles. The third-order valence-electron chi connectivity index (χ3n) is 2.32. The van der Waals surface area contributed by atoms with Gasteiger partial charge in [0.2, 0.25) is 0 Å². The predicted molar refractivity (Wildman–Crippen MR) is 75.4 cm³/mol. The Kier molecular flexibility index (Phi) is 3.89. The number of aromatic hydroxyl groups is 1. The summed E-state index contributed by atoms with van der Waals surface area (Å²) in [6.07, 6.45) is 0. The van der Waals surface area contributed by atoms with E-state index in [0.717, 1.165) is 6.07 Å². The van der Waals surface area contributed by atoms with Gasteiger partial charge in [-0.25, -0.2) is 8.42 Å². The highest BCUT2D eigenvalue weighted by atomic mass is 35.5. The van der Waals surface area contributed by atoms with Gasteiger partial charge in [-0.05, 0) is 24.3 Å². The molecular formula is C12H9Cl2NO3S. The van der Waals surface area contributed by atoms with Crippen LogP contribution in [0.15, 0.2) is 47.4 Å². The summed E-state index contributed by atoms with van der Waals surface area (Å²) in [6, 6.07) is 9.94. The number of halogens is 2. The normalized spacial score (nSPS) is 11.3. The van der Waals surface area contributed by atoms with Gasteiger partial charge >= 0.3 is 0 Å². The fourth-order valence-corrected chi connectivity index (χ4v) is 2.95. The molecule has 100 valence electrons. The number of hydrogen-bond acceptors (Lipinski definition) is 3. The third kappa shape index (κ3) is 3.12. The number of sulfonamides is 1. The van der Waals surface area contributed by atoms with Crippen LogP contribution in [0.2, 0.25) is 10.0 Å². The SMILES string of the molecule is O=S(=O)(Nc1cccc(Cl)c1Cl)c1cccc(O)c1. The van der Waals surface area contributed by atoms with Crippen molar-refractivity contribution in [2.75, 3.05) is 4.72 Å². The fourth-order valence-electron chi connectivity index (χ4n) is 1.44. The summed E-state index contributed by atoms with van der Waals surface area (Å²) in [4.78, 5) is -0.0662. The van der Waals surface area contributed by atoms with Gasteiger partial charge in [-0.1, -0.05) is 35.3 Å². The predicted octanol–water partition coefficient (Wildman–Crippen LogP) is 3.50. The van der Waals surface area contributed by atoms with E-state index >= 15 is 0 Å². The highest BCUT2D eigenvalue weighted by Crippen LogP contribution is 2.31. The second-order valence-electron chi connectivity index (χ2n) is 3.70. The van der Waals surface area contributed by atoms with Crippen molar-refractivity contribution >= 4 is 38.9 Å². The minimum absolute atomic E-state index is 0.0662. The van der Waals surface area contributed by atoms with E-state index in [1.54, 1.807) is 12.1 Å². The molecule has 4 nitrogen and oxygen atoms in total. The highest BCUT2D eigenvalue weighted by molar-refractivity contribution is 7.92. The molecule has 0 atom stereocenters. The highest BCUT2D eigenvalue weighted by Gasteiger charge is 2.16. The maximum absolute atomic E-state index is 12.1. The molecule has 2 aromatic carbocycles. The van der Waals surface area contributed by atoms with Crippen LogP contribution in [0.25, 0.3) is 0 Å². The molecule has 0 radical (unpaired) electrons. The van der Waals surface area contributed by atoms with E-state index < -0.39 is 10.0 Å². The van der Waals surface area contributed by atoms with E-state index in [1.165, 1.54) is 24.3 Å². The van der Waals surface area contributed by atoms with Crippen LogP contribution in [0.4, 0.5) is 5.69 Å². The smallest absolute Gasteiger partial charge is 0.262 e. The number of anilines is 1. The van der Waals surface area contributed by atoms with Crippen molar-refractivity contribution in [1.82, 2.24) is 0 Å². The van der Waals surface area contributed by atoms with Crippen molar-refractivity contribution in [2.45, 2.75) is 4.90 Å². The lowest BCUT2D eigenvalue weighted by molar-refractivity contribution is 0.473. The van der Waals surface area contributed by atoms with Gasteiger partial charge in [-0.15, -0.1) is 0 Å². The summed E-state index contributed by atoms with van der Waals surface area (Å²) in [5.41, 5.74) is 0.178. The van der Waals surface area contributed by atoms with E-state index in [0.29, 0.717) is 0 Å². The molecule has 19 heavy (non-hydrogen) atoms. The van der Waals surface area contributed by atoms with Crippen LogP contribution in [-0.2, 0) is 10.0 Å². The molecule has 2 rings (SSSR count). The van der Waals surface area contributed by atoms with E-state index in [2.05, 4.69) is 4.72 Å². The molecule has 0 saturated carbocycles. The molecule has 0 aliphatic carbocycles. The van der Waals surface area contributed by atoms with Crippen molar-refractivity contribution in [2.24, 2.45) is 0 Å². The van der Waals surface area contributed by atoms with Crippen molar-refractivity contribution in [3.8, 4) is 5.75 Å². The van der Waals surface area contributed by atoms with Gasteiger partial charge in [0.05, 0.1) is 20.6 Å². The molecule has 7 heteroatoms. The van der Waals surface area contributed by atoms with E-state index in [1.807, 2.05) is 0 Å². The summed E-state index contributed by atoms with van der Waals surface area (Å²) in [7, 11) is -3.83. The van der Waals surface area contributed by atoms with Gasteiger partial charge in [0, 0.05) is 6.07 Å². The molecule has 0 spiro atoms. The molecule has 0 aliphatic heterocycles. The monoisotopic (exact) mass is 317 g/mol. The first-order valence-corrected chi connectivity index (χ1v) is 7.40. The zero-order valence-electron chi connectivity index (χ0n) is 9.47. The molecule has 2 N–H and O–H groups in total. The number of phenols is 1. The molecular weight excluding hydrogens is 309 g/mol. The topological polar surface area (TPSA) is 66.4 Å². The largest absolute Gasteiger partial charge is 0.508 e. The van der Waals surface area contributed by atoms with Gasteiger partial charge in [-0.2, -0.15) is 0 Å². The molecule has 0 amide bonds. The lowest BCUT2D eigenvalue weighted by Gasteiger charge is -2.10. The van der Waals surface area contributed by atoms with Crippen molar-refractivity contribution in [3.63, 3.8) is 0 Å². The number of benzene rings is 2. The lowest BCUT2D eigenvalue weighted by atomic mass is 10.3. The molecule has 0 unspecified atom stereocenters. The maximum Gasteiger partial charge on any atom is 0.262 e. The fraction of sp³-hybridized carbons (Fsp3) is 0. The standard InChI is InChI=1S/C12H9Cl2NO3S/c13-10-5-2-6-11(12(10)14)15-19(17,18)9-4-1-3-8(16)7-9/h1-7,15-16H. The van der Waals surface area contributed by atoms with Crippen molar-refractivity contribution in [3.05, 3.63) is 52.5 Å². The Morgan fingerprint density at radius 3 is 2.42 bits per heavy atom. The molecule has 2 aromatic rings. The van der Waals surface area contributed by atoms with Gasteiger partial charge in [0.15, 0.2) is 0 Å². The Morgan fingerprint density at radius 1 is 1.05 bits per heavy atom. The molecule has 0 aromatic heterocycles. The summed E-state index contributed by atoms with van der Waals surface area (Å²) in [5, 5.41) is 9.67. The van der Waals surface area contributed by atoms with Crippen LogP contribution in [0.1, 0.15) is 0 Å². The van der Waals surface area contributed by atoms with Gasteiger partial charge in [-0.3, -0.25) is 4.72 Å². The second-order valence-corrected chi connectivity index (χ2v) is 6.17. The number of rotatable bonds is 3. The first kappa shape index (κ1) is 14.0. The number of nitrogens with one attached hydrogen (secondary N) is 1. The zero-order chi connectivity index (χ0) is 14.0. The van der Waals surface area contributed by atoms with E-state index in [-0.39, 0.29) is 26.4 Å². The first-order valence-electron chi connectivity index (χ1n) is 5.16. The van der Waals surface area contributed by atoms with Crippen LogP contribution in [0, 0.1) is 0 Å². The van der Waals surface area contributed by atoms with Crippen LogP contribution in [-0.4, -0.2) is 13.5 Å². The molecule has 0 fully saturated rings. The first-order chi connectivity index (χ1) is 8.90. The minimum Gasteiger partial charge on any atom is -0.508 e. The minimum atomic E-state index is -3.83. The summed E-state index contributed by atoms with van der Waals surface area (Å²) >= 11 is 11.7. The summed E-state index contributed by atoms with van der Waals surface area (Å²) in [5.74, 6) is -0.139. The molecule has 0 aliphatic rings. The Bertz CT molecular complexity index is 717. The lowest BCUT2D eigenvalue weighted by Crippen LogP contribution is -2.13. The number of hydrogen-bond donors (Lipinski definition) is 2. The number of phenolic OH excluding ortho intramolecular Hbond substituents is 1. The van der Waals surface area contributed by atoms with Gasteiger partial charge < -0.3 is 5.11 Å². The Labute approximate surface area is 120 Å². The molecule has 0 bridgehead atoms. The quantitative estimate of drug-likeness (QED) is 0.910. The maximum atomic E-state index is 12.1. The average Bonchev–Trinajstić information content (AvgIpc) is 2.35. The Balaban J connectivity index is 2.39. The zero-order valence-corrected chi connectivity index (χ0v) is 11.8. The van der Waals surface area contributed by atoms with Crippen LogP contribution < -0.4 is 4.72 Å². The van der Waals surface area contributed by atoms with Gasteiger partial charge in [0.1, 0.15) is 5.75 Å².